The second-order valence-corrected chi connectivity index (χ2v) is 7.80. The SMILES string of the molecule is CCOC(=O)N1CCC(C(=O)NC2CCS(=O)(=O)C2)CC1. The van der Waals surface area contributed by atoms with E-state index in [1.165, 1.54) is 0 Å². The molecule has 0 spiro atoms. The van der Waals surface area contributed by atoms with Gasteiger partial charge in [-0.3, -0.25) is 4.79 Å². The van der Waals surface area contributed by atoms with Gasteiger partial charge in [-0.2, -0.15) is 0 Å². The highest BCUT2D eigenvalue weighted by molar-refractivity contribution is 7.91. The molecular weight excluding hydrogens is 296 g/mol. The zero-order chi connectivity index (χ0) is 15.5. The van der Waals surface area contributed by atoms with Gasteiger partial charge < -0.3 is 15.0 Å². The topological polar surface area (TPSA) is 92.8 Å². The van der Waals surface area contributed by atoms with Crippen LogP contribution in [0.4, 0.5) is 4.79 Å². The van der Waals surface area contributed by atoms with E-state index in [4.69, 9.17) is 4.74 Å². The molecule has 0 aromatic rings. The van der Waals surface area contributed by atoms with Crippen LogP contribution in [0.25, 0.3) is 0 Å². The van der Waals surface area contributed by atoms with Crippen LogP contribution in [0.15, 0.2) is 0 Å². The van der Waals surface area contributed by atoms with E-state index in [-0.39, 0.29) is 35.5 Å². The number of piperidine rings is 1. The summed E-state index contributed by atoms with van der Waals surface area (Å²) < 4.78 is 27.7. The maximum atomic E-state index is 12.1. The Morgan fingerprint density at radius 3 is 2.43 bits per heavy atom. The molecule has 8 heteroatoms. The standard InChI is InChI=1S/C13H22N2O5S/c1-2-20-13(17)15-6-3-10(4-7-15)12(16)14-11-5-8-21(18,19)9-11/h10-11H,2-9H2,1H3,(H,14,16). The molecule has 2 fully saturated rings. The van der Waals surface area contributed by atoms with E-state index < -0.39 is 9.84 Å². The van der Waals surface area contributed by atoms with E-state index in [9.17, 15) is 18.0 Å². The van der Waals surface area contributed by atoms with Gasteiger partial charge in [0.05, 0.1) is 18.1 Å². The zero-order valence-electron chi connectivity index (χ0n) is 12.2. The summed E-state index contributed by atoms with van der Waals surface area (Å²) in [7, 11) is -2.98. The van der Waals surface area contributed by atoms with Gasteiger partial charge in [-0.05, 0) is 26.2 Å². The van der Waals surface area contributed by atoms with Crippen molar-refractivity contribution in [3.05, 3.63) is 0 Å². The van der Waals surface area contributed by atoms with Crippen molar-refractivity contribution in [3.63, 3.8) is 0 Å². The average Bonchev–Trinajstić information content (AvgIpc) is 2.78. The Morgan fingerprint density at radius 1 is 1.24 bits per heavy atom. The molecule has 1 N–H and O–H groups in total. The molecule has 0 aliphatic carbocycles. The van der Waals surface area contributed by atoms with Crippen molar-refractivity contribution in [1.29, 1.82) is 0 Å². The fourth-order valence-corrected chi connectivity index (χ4v) is 4.44. The Balaban J connectivity index is 1.77. The Labute approximate surface area is 124 Å². The van der Waals surface area contributed by atoms with Crippen LogP contribution in [-0.4, -0.2) is 62.6 Å². The lowest BCUT2D eigenvalue weighted by Gasteiger charge is -2.31. The highest BCUT2D eigenvalue weighted by Gasteiger charge is 2.32. The highest BCUT2D eigenvalue weighted by Crippen LogP contribution is 2.19. The molecule has 120 valence electrons. The van der Waals surface area contributed by atoms with Gasteiger partial charge in [0.25, 0.3) is 0 Å². The van der Waals surface area contributed by atoms with Gasteiger partial charge in [0, 0.05) is 25.0 Å². The predicted octanol–water partition coefficient (Wildman–Crippen LogP) is 0.158. The fourth-order valence-electron chi connectivity index (χ4n) is 2.77. The largest absolute Gasteiger partial charge is 0.450 e. The fraction of sp³-hybridized carbons (Fsp3) is 0.846. The zero-order valence-corrected chi connectivity index (χ0v) is 13.0. The van der Waals surface area contributed by atoms with Crippen molar-refractivity contribution in [3.8, 4) is 0 Å². The smallest absolute Gasteiger partial charge is 0.409 e. The minimum absolute atomic E-state index is 0.0421. The van der Waals surface area contributed by atoms with E-state index in [2.05, 4.69) is 5.32 Å². The number of rotatable bonds is 3. The molecule has 2 heterocycles. The molecule has 21 heavy (non-hydrogen) atoms. The summed E-state index contributed by atoms with van der Waals surface area (Å²) >= 11 is 0. The first-order valence-corrected chi connectivity index (χ1v) is 9.16. The monoisotopic (exact) mass is 318 g/mol. The normalized spacial score (nSPS) is 25.6. The lowest BCUT2D eigenvalue weighted by Crippen LogP contribution is -2.45. The Bertz CT molecular complexity index is 497. The summed E-state index contributed by atoms with van der Waals surface area (Å²) in [5, 5.41) is 2.82. The highest BCUT2D eigenvalue weighted by atomic mass is 32.2. The van der Waals surface area contributed by atoms with Gasteiger partial charge in [-0.15, -0.1) is 0 Å². The van der Waals surface area contributed by atoms with Gasteiger partial charge in [0.2, 0.25) is 5.91 Å². The lowest BCUT2D eigenvalue weighted by molar-refractivity contribution is -0.126. The molecule has 0 saturated carbocycles. The summed E-state index contributed by atoms with van der Waals surface area (Å²) in [5.41, 5.74) is 0. The second kappa shape index (κ2) is 6.64. The Kier molecular flexibility index (Phi) is 5.08. The maximum absolute atomic E-state index is 12.1. The van der Waals surface area contributed by atoms with Gasteiger partial charge in [0.15, 0.2) is 9.84 Å². The van der Waals surface area contributed by atoms with Gasteiger partial charge in [0.1, 0.15) is 0 Å². The Hall–Kier alpha value is -1.31. The van der Waals surface area contributed by atoms with Crippen LogP contribution in [0.2, 0.25) is 0 Å². The van der Waals surface area contributed by atoms with E-state index in [1.54, 1.807) is 11.8 Å². The minimum atomic E-state index is -2.98. The molecule has 1 unspecified atom stereocenters. The van der Waals surface area contributed by atoms with Crippen LogP contribution in [0.5, 0.6) is 0 Å². The van der Waals surface area contributed by atoms with Gasteiger partial charge in [-0.1, -0.05) is 0 Å². The number of likely N-dealkylation sites (tertiary alicyclic amines) is 1. The van der Waals surface area contributed by atoms with Crippen molar-refractivity contribution < 1.29 is 22.7 Å². The van der Waals surface area contributed by atoms with E-state index >= 15 is 0 Å². The molecule has 1 atom stereocenters. The van der Waals surface area contributed by atoms with Crippen molar-refractivity contribution in [2.45, 2.75) is 32.2 Å². The van der Waals surface area contributed by atoms with Crippen LogP contribution in [0.1, 0.15) is 26.2 Å². The molecule has 7 nitrogen and oxygen atoms in total. The first-order valence-electron chi connectivity index (χ1n) is 7.34. The van der Waals surface area contributed by atoms with Crippen molar-refractivity contribution >= 4 is 21.8 Å². The first-order chi connectivity index (χ1) is 9.91. The van der Waals surface area contributed by atoms with Crippen LogP contribution in [0, 0.1) is 5.92 Å². The summed E-state index contributed by atoms with van der Waals surface area (Å²) in [6, 6.07) is -0.259. The van der Waals surface area contributed by atoms with E-state index in [0.29, 0.717) is 39.0 Å². The molecule has 2 saturated heterocycles. The third-order valence-electron chi connectivity index (χ3n) is 3.97. The number of ether oxygens (including phenoxy) is 1. The molecule has 0 radical (unpaired) electrons. The van der Waals surface area contributed by atoms with Crippen molar-refractivity contribution in [1.82, 2.24) is 10.2 Å². The second-order valence-electron chi connectivity index (χ2n) is 5.57. The molecular formula is C13H22N2O5S. The molecule has 0 aromatic carbocycles. The Morgan fingerprint density at radius 2 is 1.90 bits per heavy atom. The number of hydrogen-bond donors (Lipinski definition) is 1. The number of hydrogen-bond acceptors (Lipinski definition) is 5. The number of nitrogens with zero attached hydrogens (tertiary/aromatic N) is 1. The number of carbonyl (C=O) groups is 2. The third-order valence-corrected chi connectivity index (χ3v) is 5.74. The van der Waals surface area contributed by atoms with Crippen molar-refractivity contribution in [2.24, 2.45) is 5.92 Å². The average molecular weight is 318 g/mol. The number of nitrogens with one attached hydrogen (secondary N) is 1. The van der Waals surface area contributed by atoms with E-state index in [0.717, 1.165) is 0 Å². The van der Waals surface area contributed by atoms with Crippen LogP contribution in [0.3, 0.4) is 0 Å². The molecule has 2 rings (SSSR count). The molecule has 0 aromatic heterocycles. The quantitative estimate of drug-likeness (QED) is 0.800. The van der Waals surface area contributed by atoms with Crippen LogP contribution < -0.4 is 5.32 Å². The molecule has 2 aliphatic rings. The number of amides is 2. The summed E-state index contributed by atoms with van der Waals surface area (Å²) in [6.45, 7) is 3.10. The lowest BCUT2D eigenvalue weighted by atomic mass is 9.96. The third kappa shape index (κ3) is 4.33. The number of carbonyl (C=O) groups excluding carboxylic acids is 2. The summed E-state index contributed by atoms with van der Waals surface area (Å²) in [4.78, 5) is 25.3. The predicted molar refractivity (Wildman–Crippen MR) is 76.5 cm³/mol. The van der Waals surface area contributed by atoms with E-state index in [1.807, 2.05) is 0 Å². The molecule has 2 amide bonds. The first kappa shape index (κ1) is 16.1. The van der Waals surface area contributed by atoms with Gasteiger partial charge in [-0.25, -0.2) is 13.2 Å². The minimum Gasteiger partial charge on any atom is -0.450 e. The summed E-state index contributed by atoms with van der Waals surface area (Å²) in [6.07, 6.45) is 1.34. The maximum Gasteiger partial charge on any atom is 0.409 e. The van der Waals surface area contributed by atoms with Crippen LogP contribution in [-0.2, 0) is 19.4 Å². The van der Waals surface area contributed by atoms with Gasteiger partial charge >= 0.3 is 6.09 Å². The summed E-state index contributed by atoms with van der Waals surface area (Å²) in [5.74, 6) is -0.0563. The number of sulfone groups is 1. The molecule has 2 aliphatic heterocycles. The van der Waals surface area contributed by atoms with Crippen LogP contribution >= 0.6 is 0 Å². The molecule has 0 bridgehead atoms. The van der Waals surface area contributed by atoms with Crippen molar-refractivity contribution in [2.75, 3.05) is 31.2 Å².